The van der Waals surface area contributed by atoms with Crippen molar-refractivity contribution in [3.63, 3.8) is 0 Å². The molecule has 10 heteroatoms. The van der Waals surface area contributed by atoms with Gasteiger partial charge in [0.15, 0.2) is 5.82 Å². The molecule has 0 aliphatic carbocycles. The normalized spacial score (nSPS) is 19.5. The van der Waals surface area contributed by atoms with Crippen molar-refractivity contribution in [1.82, 2.24) is 15.5 Å². The summed E-state index contributed by atoms with van der Waals surface area (Å²) in [4.78, 5) is 24.1. The number of halogens is 2. The van der Waals surface area contributed by atoms with Crippen molar-refractivity contribution in [2.45, 2.75) is 51.4 Å². The fraction of sp³-hybridized carbons (Fsp3) is 0.450. The van der Waals surface area contributed by atoms with Crippen molar-refractivity contribution in [2.24, 2.45) is 0 Å². The highest BCUT2D eigenvalue weighted by Gasteiger charge is 2.31. The van der Waals surface area contributed by atoms with E-state index in [1.165, 1.54) is 0 Å². The number of anilines is 1. The lowest BCUT2D eigenvalue weighted by Crippen LogP contribution is -2.33. The van der Waals surface area contributed by atoms with Crippen LogP contribution in [0.4, 0.5) is 19.4 Å². The summed E-state index contributed by atoms with van der Waals surface area (Å²) < 4.78 is 37.7. The predicted octanol–water partition coefficient (Wildman–Crippen LogP) is 3.39. The third kappa shape index (κ3) is 5.53. The van der Waals surface area contributed by atoms with Gasteiger partial charge in [-0.2, -0.15) is 5.10 Å². The average Bonchev–Trinajstić information content (AvgIpc) is 3.28. The van der Waals surface area contributed by atoms with Crippen LogP contribution in [0.15, 0.2) is 24.3 Å². The second kappa shape index (κ2) is 9.21. The maximum absolute atomic E-state index is 13.4. The van der Waals surface area contributed by atoms with Gasteiger partial charge in [-0.1, -0.05) is 0 Å². The summed E-state index contributed by atoms with van der Waals surface area (Å²) in [6.07, 6.45) is -0.813. The minimum Gasteiger partial charge on any atom is -0.444 e. The Balaban J connectivity index is 1.56. The molecule has 2 amide bonds. The Bertz CT molecular complexity index is 898. The van der Waals surface area contributed by atoms with Gasteiger partial charge in [-0.05, 0) is 38.5 Å². The molecular weight excluding hydrogens is 398 g/mol. The van der Waals surface area contributed by atoms with Gasteiger partial charge in [0.2, 0.25) is 5.91 Å². The number of carbonyl (C=O) groups excluding carboxylic acids is 2. The number of ether oxygens (including phenoxy) is 2. The second-order valence-electron chi connectivity index (χ2n) is 7.51. The number of benzene rings is 1. The number of amides is 2. The van der Waals surface area contributed by atoms with Gasteiger partial charge in [-0.25, -0.2) is 13.6 Å². The molecule has 1 aliphatic rings. The number of aromatic nitrogens is 2. The molecule has 1 saturated heterocycles. The van der Waals surface area contributed by atoms with Crippen LogP contribution in [-0.2, 0) is 14.3 Å². The van der Waals surface area contributed by atoms with Crippen molar-refractivity contribution < 1.29 is 27.8 Å². The first-order valence-corrected chi connectivity index (χ1v) is 9.62. The Hall–Kier alpha value is -3.01. The van der Waals surface area contributed by atoms with E-state index in [-0.39, 0.29) is 30.1 Å². The van der Waals surface area contributed by atoms with Gasteiger partial charge in [0, 0.05) is 24.6 Å². The number of nitrogens with zero attached hydrogens (tertiary/aromatic N) is 1. The summed E-state index contributed by atoms with van der Waals surface area (Å²) in [7, 11) is 0. The van der Waals surface area contributed by atoms with E-state index in [1.54, 1.807) is 13.0 Å². The fourth-order valence-electron chi connectivity index (χ4n) is 3.09. The Labute approximate surface area is 172 Å². The van der Waals surface area contributed by atoms with Crippen LogP contribution in [0, 0.1) is 11.6 Å². The van der Waals surface area contributed by atoms with E-state index in [1.807, 2.05) is 13.8 Å². The summed E-state index contributed by atoms with van der Waals surface area (Å²) in [6.45, 7) is 5.46. The second-order valence-corrected chi connectivity index (χ2v) is 7.51. The van der Waals surface area contributed by atoms with Crippen LogP contribution in [0.1, 0.15) is 50.5 Å². The highest BCUT2D eigenvalue weighted by atomic mass is 19.1. The monoisotopic (exact) mass is 422 g/mol. The van der Waals surface area contributed by atoms with Crippen molar-refractivity contribution in [1.29, 1.82) is 0 Å². The molecule has 0 radical (unpaired) electrons. The number of carbonyl (C=O) groups is 2. The van der Waals surface area contributed by atoms with Gasteiger partial charge in [0.05, 0.1) is 18.2 Å². The summed E-state index contributed by atoms with van der Waals surface area (Å²) in [5.41, 5.74) is 0.838. The Morgan fingerprint density at radius 2 is 1.90 bits per heavy atom. The quantitative estimate of drug-likeness (QED) is 0.662. The minimum absolute atomic E-state index is 0.0272. The van der Waals surface area contributed by atoms with Crippen molar-refractivity contribution in [3.8, 4) is 0 Å². The molecule has 1 fully saturated rings. The summed E-state index contributed by atoms with van der Waals surface area (Å²) in [6, 6.07) is 4.56. The first-order valence-electron chi connectivity index (χ1n) is 9.62. The van der Waals surface area contributed by atoms with Crippen molar-refractivity contribution in [3.05, 3.63) is 47.2 Å². The third-order valence-electron chi connectivity index (χ3n) is 4.61. The van der Waals surface area contributed by atoms with Crippen LogP contribution < -0.4 is 10.6 Å². The van der Waals surface area contributed by atoms with E-state index in [0.717, 1.165) is 18.2 Å². The first-order chi connectivity index (χ1) is 14.2. The average molecular weight is 422 g/mol. The number of alkyl carbamates (subject to hydrolysis) is 1. The standard InChI is InChI=1S/C20H24F2N4O4/c1-10(2)23-20(28)30-15-7-17(29-9-15)16-8-18(26-25-16)24-19(27)11(3)12-4-13(21)6-14(22)5-12/h4-6,8,10-11,15,17H,7,9H2,1-3H3,(H,23,28)(H2,24,25,26,27)/t11?,15-,17-/m1/s1. The van der Waals surface area contributed by atoms with Crippen LogP contribution >= 0.6 is 0 Å². The van der Waals surface area contributed by atoms with E-state index in [9.17, 15) is 18.4 Å². The molecule has 8 nitrogen and oxygen atoms in total. The Kier molecular flexibility index (Phi) is 6.66. The first kappa shape index (κ1) is 21.7. The molecule has 3 rings (SSSR count). The molecule has 0 spiro atoms. The highest BCUT2D eigenvalue weighted by Crippen LogP contribution is 2.30. The predicted molar refractivity (Wildman–Crippen MR) is 104 cm³/mol. The number of hydrogen-bond donors (Lipinski definition) is 3. The molecule has 2 aromatic rings. The Morgan fingerprint density at radius 3 is 2.57 bits per heavy atom. The molecule has 1 aromatic heterocycles. The third-order valence-corrected chi connectivity index (χ3v) is 4.61. The van der Waals surface area contributed by atoms with Crippen LogP contribution in [0.3, 0.4) is 0 Å². The van der Waals surface area contributed by atoms with Gasteiger partial charge < -0.3 is 20.1 Å². The summed E-state index contributed by atoms with van der Waals surface area (Å²) in [5.74, 6) is -2.48. The smallest absolute Gasteiger partial charge is 0.407 e. The molecule has 2 heterocycles. The zero-order chi connectivity index (χ0) is 21.8. The van der Waals surface area contributed by atoms with Gasteiger partial charge >= 0.3 is 6.09 Å². The van der Waals surface area contributed by atoms with E-state index in [4.69, 9.17) is 9.47 Å². The molecule has 3 N–H and O–H groups in total. The maximum Gasteiger partial charge on any atom is 0.407 e. The van der Waals surface area contributed by atoms with Gasteiger partial charge in [0.1, 0.15) is 23.8 Å². The van der Waals surface area contributed by atoms with E-state index in [0.29, 0.717) is 12.1 Å². The summed E-state index contributed by atoms with van der Waals surface area (Å²) >= 11 is 0. The number of H-pyrrole nitrogens is 1. The number of aromatic amines is 1. The number of hydrogen-bond acceptors (Lipinski definition) is 5. The van der Waals surface area contributed by atoms with E-state index in [2.05, 4.69) is 20.8 Å². The number of nitrogens with one attached hydrogen (secondary N) is 3. The SMILES string of the molecule is CC(C)NC(=O)O[C@H]1CO[C@@H](c2cc(NC(=O)C(C)c3cc(F)cc(F)c3)n[nH]2)C1. The summed E-state index contributed by atoms with van der Waals surface area (Å²) in [5, 5.41) is 12.1. The van der Waals surface area contributed by atoms with Gasteiger partial charge in [-0.15, -0.1) is 0 Å². The zero-order valence-corrected chi connectivity index (χ0v) is 16.9. The number of rotatable bonds is 6. The van der Waals surface area contributed by atoms with E-state index >= 15 is 0 Å². The van der Waals surface area contributed by atoms with Crippen LogP contribution in [0.2, 0.25) is 0 Å². The maximum atomic E-state index is 13.4. The molecule has 162 valence electrons. The molecule has 0 bridgehead atoms. The Morgan fingerprint density at radius 1 is 1.20 bits per heavy atom. The lowest BCUT2D eigenvalue weighted by atomic mass is 10.00. The van der Waals surface area contributed by atoms with Crippen LogP contribution in [-0.4, -0.2) is 41.0 Å². The molecule has 1 aromatic carbocycles. The van der Waals surface area contributed by atoms with Gasteiger partial charge in [0.25, 0.3) is 0 Å². The molecule has 3 atom stereocenters. The molecule has 0 saturated carbocycles. The fourth-order valence-corrected chi connectivity index (χ4v) is 3.09. The molecule has 30 heavy (non-hydrogen) atoms. The molecule has 1 aliphatic heterocycles. The lowest BCUT2D eigenvalue weighted by Gasteiger charge is -2.13. The highest BCUT2D eigenvalue weighted by molar-refractivity contribution is 5.94. The van der Waals surface area contributed by atoms with Crippen LogP contribution in [0.25, 0.3) is 0 Å². The zero-order valence-electron chi connectivity index (χ0n) is 16.9. The van der Waals surface area contributed by atoms with Crippen LogP contribution in [0.5, 0.6) is 0 Å². The lowest BCUT2D eigenvalue weighted by molar-refractivity contribution is -0.117. The topological polar surface area (TPSA) is 105 Å². The molecular formula is C20H24F2N4O4. The van der Waals surface area contributed by atoms with Gasteiger partial charge in [-0.3, -0.25) is 9.89 Å². The minimum atomic E-state index is -0.782. The van der Waals surface area contributed by atoms with Crippen molar-refractivity contribution >= 4 is 17.8 Å². The largest absolute Gasteiger partial charge is 0.444 e. The van der Waals surface area contributed by atoms with Crippen molar-refractivity contribution in [2.75, 3.05) is 11.9 Å². The molecule has 1 unspecified atom stereocenters. The van der Waals surface area contributed by atoms with E-state index < -0.39 is 35.7 Å².